The number of piperidine rings is 1. The lowest BCUT2D eigenvalue weighted by Gasteiger charge is -2.29. The van der Waals surface area contributed by atoms with Gasteiger partial charge in [0.05, 0.1) is 12.6 Å². The number of aromatic nitrogens is 3. The predicted octanol–water partition coefficient (Wildman–Crippen LogP) is 2.20. The smallest absolute Gasteiger partial charge is 0.160 e. The van der Waals surface area contributed by atoms with Crippen molar-refractivity contribution >= 4 is 11.2 Å². The second kappa shape index (κ2) is 5.39. The van der Waals surface area contributed by atoms with E-state index < -0.39 is 0 Å². The molecule has 2 aliphatic heterocycles. The van der Waals surface area contributed by atoms with Gasteiger partial charge in [-0.3, -0.25) is 0 Å². The minimum absolute atomic E-state index is 0.402. The fourth-order valence-corrected chi connectivity index (χ4v) is 3.59. The molecule has 5 heteroatoms. The molecule has 2 saturated heterocycles. The average molecular weight is 286 g/mol. The van der Waals surface area contributed by atoms with Crippen molar-refractivity contribution in [1.29, 1.82) is 0 Å². The third-order valence-corrected chi connectivity index (χ3v) is 4.83. The van der Waals surface area contributed by atoms with Crippen molar-refractivity contribution < 1.29 is 4.74 Å². The van der Waals surface area contributed by atoms with Crippen LogP contribution in [0.4, 0.5) is 0 Å². The highest BCUT2D eigenvalue weighted by Gasteiger charge is 2.29. The van der Waals surface area contributed by atoms with E-state index in [1.54, 1.807) is 0 Å². The monoisotopic (exact) mass is 286 g/mol. The van der Waals surface area contributed by atoms with Gasteiger partial charge >= 0.3 is 0 Å². The summed E-state index contributed by atoms with van der Waals surface area (Å²) < 4.78 is 7.98. The molecule has 2 aromatic heterocycles. The Morgan fingerprint density at radius 1 is 1.24 bits per heavy atom. The first kappa shape index (κ1) is 13.2. The Kier molecular flexibility index (Phi) is 3.39. The van der Waals surface area contributed by atoms with Crippen molar-refractivity contribution in [2.75, 3.05) is 33.4 Å². The van der Waals surface area contributed by atoms with Gasteiger partial charge in [0, 0.05) is 18.7 Å². The van der Waals surface area contributed by atoms with E-state index in [1.807, 2.05) is 12.3 Å². The number of imidazole rings is 1. The van der Waals surface area contributed by atoms with E-state index in [2.05, 4.69) is 27.6 Å². The summed E-state index contributed by atoms with van der Waals surface area (Å²) in [6.45, 7) is 3.95. The van der Waals surface area contributed by atoms with Crippen LogP contribution in [-0.4, -0.2) is 52.8 Å². The normalized spacial score (nSPS) is 24.9. The molecule has 21 heavy (non-hydrogen) atoms. The van der Waals surface area contributed by atoms with Crippen LogP contribution in [0.3, 0.4) is 0 Å². The maximum atomic E-state index is 5.60. The van der Waals surface area contributed by atoms with Crippen molar-refractivity contribution in [1.82, 2.24) is 19.4 Å². The Balaban J connectivity index is 1.77. The van der Waals surface area contributed by atoms with E-state index in [9.17, 15) is 0 Å². The SMILES string of the molecule is CN1CCC(c2nc3cccnc3n2C2CCOC2)CC1. The molecule has 4 heterocycles. The maximum absolute atomic E-state index is 5.60. The first-order valence-electron chi connectivity index (χ1n) is 7.92. The van der Waals surface area contributed by atoms with Crippen LogP contribution in [-0.2, 0) is 4.74 Å². The summed E-state index contributed by atoms with van der Waals surface area (Å²) in [5.74, 6) is 1.78. The zero-order valence-electron chi connectivity index (χ0n) is 12.5. The Labute approximate surface area is 124 Å². The Bertz CT molecular complexity index is 624. The molecule has 4 rings (SSSR count). The van der Waals surface area contributed by atoms with E-state index in [1.165, 1.54) is 18.7 Å². The molecule has 112 valence electrons. The fourth-order valence-electron chi connectivity index (χ4n) is 3.59. The molecule has 0 spiro atoms. The molecule has 0 amide bonds. The van der Waals surface area contributed by atoms with Crippen LogP contribution >= 0.6 is 0 Å². The van der Waals surface area contributed by atoms with Crippen LogP contribution in [0.2, 0.25) is 0 Å². The summed E-state index contributed by atoms with van der Waals surface area (Å²) in [6, 6.07) is 4.45. The third kappa shape index (κ3) is 2.34. The summed E-state index contributed by atoms with van der Waals surface area (Å²) in [4.78, 5) is 11.9. The topological polar surface area (TPSA) is 43.2 Å². The first-order chi connectivity index (χ1) is 10.3. The van der Waals surface area contributed by atoms with Gasteiger partial charge in [-0.15, -0.1) is 0 Å². The molecular formula is C16H22N4O. The molecule has 0 aliphatic carbocycles. The summed E-state index contributed by atoms with van der Waals surface area (Å²) in [5.41, 5.74) is 2.06. The number of fused-ring (bicyclic) bond motifs is 1. The lowest BCUT2D eigenvalue weighted by molar-refractivity contribution is 0.185. The van der Waals surface area contributed by atoms with Crippen LogP contribution in [0.15, 0.2) is 18.3 Å². The van der Waals surface area contributed by atoms with Gasteiger partial charge < -0.3 is 14.2 Å². The molecule has 2 aliphatic rings. The van der Waals surface area contributed by atoms with Crippen molar-refractivity contribution in [3.8, 4) is 0 Å². The molecular weight excluding hydrogens is 264 g/mol. The van der Waals surface area contributed by atoms with E-state index in [4.69, 9.17) is 9.72 Å². The number of nitrogens with zero attached hydrogens (tertiary/aromatic N) is 4. The van der Waals surface area contributed by atoms with Gasteiger partial charge in [0.1, 0.15) is 11.3 Å². The fraction of sp³-hybridized carbons (Fsp3) is 0.625. The number of ether oxygens (including phenoxy) is 1. The molecule has 5 nitrogen and oxygen atoms in total. The quantitative estimate of drug-likeness (QED) is 0.849. The minimum Gasteiger partial charge on any atom is -0.379 e. The first-order valence-corrected chi connectivity index (χ1v) is 7.92. The Hall–Kier alpha value is -1.46. The van der Waals surface area contributed by atoms with Crippen molar-refractivity contribution in [3.05, 3.63) is 24.2 Å². The number of pyridine rings is 1. The molecule has 0 radical (unpaired) electrons. The molecule has 0 aromatic carbocycles. The molecule has 2 aromatic rings. The molecule has 1 atom stereocenters. The van der Waals surface area contributed by atoms with E-state index >= 15 is 0 Å². The van der Waals surface area contributed by atoms with E-state index in [0.29, 0.717) is 12.0 Å². The van der Waals surface area contributed by atoms with Gasteiger partial charge in [-0.05, 0) is 51.5 Å². The van der Waals surface area contributed by atoms with Crippen molar-refractivity contribution in [3.63, 3.8) is 0 Å². The second-order valence-electron chi connectivity index (χ2n) is 6.28. The Morgan fingerprint density at radius 3 is 2.86 bits per heavy atom. The predicted molar refractivity (Wildman–Crippen MR) is 81.5 cm³/mol. The van der Waals surface area contributed by atoms with Crippen LogP contribution in [0.5, 0.6) is 0 Å². The average Bonchev–Trinajstić information content (AvgIpc) is 3.14. The van der Waals surface area contributed by atoms with Crippen LogP contribution in [0, 0.1) is 0 Å². The summed E-state index contributed by atoms with van der Waals surface area (Å²) >= 11 is 0. The van der Waals surface area contributed by atoms with Gasteiger partial charge in [0.25, 0.3) is 0 Å². The van der Waals surface area contributed by atoms with Crippen LogP contribution < -0.4 is 0 Å². The number of rotatable bonds is 2. The zero-order valence-corrected chi connectivity index (χ0v) is 12.5. The van der Waals surface area contributed by atoms with Gasteiger partial charge in [0.2, 0.25) is 0 Å². The molecule has 0 bridgehead atoms. The highest BCUT2D eigenvalue weighted by Crippen LogP contribution is 2.33. The molecule has 0 N–H and O–H groups in total. The molecule has 1 unspecified atom stereocenters. The van der Waals surface area contributed by atoms with Crippen molar-refractivity contribution in [2.24, 2.45) is 0 Å². The third-order valence-electron chi connectivity index (χ3n) is 4.83. The Morgan fingerprint density at radius 2 is 2.10 bits per heavy atom. The second-order valence-corrected chi connectivity index (χ2v) is 6.28. The van der Waals surface area contributed by atoms with Crippen molar-refractivity contribution in [2.45, 2.75) is 31.2 Å². The highest BCUT2D eigenvalue weighted by molar-refractivity contribution is 5.71. The van der Waals surface area contributed by atoms with Gasteiger partial charge in [0.15, 0.2) is 5.65 Å². The van der Waals surface area contributed by atoms with Gasteiger partial charge in [-0.25, -0.2) is 9.97 Å². The highest BCUT2D eigenvalue weighted by atomic mass is 16.5. The van der Waals surface area contributed by atoms with E-state index in [0.717, 1.165) is 43.9 Å². The van der Waals surface area contributed by atoms with Gasteiger partial charge in [-0.1, -0.05) is 0 Å². The lowest BCUT2D eigenvalue weighted by Crippen LogP contribution is -2.30. The van der Waals surface area contributed by atoms with E-state index in [-0.39, 0.29) is 0 Å². The summed E-state index contributed by atoms with van der Waals surface area (Å²) in [7, 11) is 2.20. The molecule has 2 fully saturated rings. The minimum atomic E-state index is 0.402. The summed E-state index contributed by atoms with van der Waals surface area (Å²) in [5, 5.41) is 0. The maximum Gasteiger partial charge on any atom is 0.160 e. The number of likely N-dealkylation sites (tertiary alicyclic amines) is 1. The molecule has 0 saturated carbocycles. The number of hydrogen-bond acceptors (Lipinski definition) is 4. The largest absolute Gasteiger partial charge is 0.379 e. The zero-order chi connectivity index (χ0) is 14.2. The standard InChI is InChI=1S/C16H22N4O/c1-19-8-4-12(5-9-19)15-18-14-3-2-7-17-16(14)20(15)13-6-10-21-11-13/h2-3,7,12-13H,4-6,8-11H2,1H3. The summed E-state index contributed by atoms with van der Waals surface area (Å²) in [6.07, 6.45) is 5.32. The van der Waals surface area contributed by atoms with Crippen LogP contribution in [0.1, 0.15) is 37.0 Å². The van der Waals surface area contributed by atoms with Gasteiger partial charge in [-0.2, -0.15) is 0 Å². The van der Waals surface area contributed by atoms with Crippen LogP contribution in [0.25, 0.3) is 11.2 Å². The lowest BCUT2D eigenvalue weighted by atomic mass is 9.96. The number of hydrogen-bond donors (Lipinski definition) is 0.